The summed E-state index contributed by atoms with van der Waals surface area (Å²) in [5, 5.41) is 6.60. The lowest BCUT2D eigenvalue weighted by Gasteiger charge is -2.32. The van der Waals surface area contributed by atoms with Gasteiger partial charge < -0.3 is 20.4 Å². The van der Waals surface area contributed by atoms with E-state index >= 15 is 0 Å². The van der Waals surface area contributed by atoms with Gasteiger partial charge in [-0.3, -0.25) is 24.2 Å². The highest BCUT2D eigenvalue weighted by molar-refractivity contribution is 6.07. The Morgan fingerprint density at radius 3 is 2.69 bits per heavy atom. The first-order valence-electron chi connectivity index (χ1n) is 14.5. The van der Waals surface area contributed by atoms with Crippen molar-refractivity contribution in [3.05, 3.63) is 77.2 Å². The molecule has 42 heavy (non-hydrogen) atoms. The number of amides is 4. The molecule has 0 spiro atoms. The number of hydrogen-bond acceptors (Lipinski definition) is 5. The molecule has 4 amide bonds. The number of carbonyl (C=O) groups is 4. The van der Waals surface area contributed by atoms with Crippen LogP contribution < -0.4 is 10.6 Å². The first-order valence-corrected chi connectivity index (χ1v) is 14.5. The minimum absolute atomic E-state index is 0.0534. The maximum atomic E-state index is 14.8. The summed E-state index contributed by atoms with van der Waals surface area (Å²) in [6.45, 7) is 4.45. The molecule has 0 unspecified atom stereocenters. The van der Waals surface area contributed by atoms with Crippen molar-refractivity contribution in [2.75, 3.05) is 26.2 Å². The Hall–Kier alpha value is -4.34. The van der Waals surface area contributed by atoms with E-state index in [0.717, 1.165) is 5.56 Å². The lowest BCUT2D eigenvalue weighted by atomic mass is 10.0. The summed E-state index contributed by atoms with van der Waals surface area (Å²) < 4.78 is 14.8. The van der Waals surface area contributed by atoms with Crippen LogP contribution in [0.3, 0.4) is 0 Å². The Bertz CT molecular complexity index is 1500. The van der Waals surface area contributed by atoms with Crippen LogP contribution in [0.2, 0.25) is 0 Å². The second-order valence-electron chi connectivity index (χ2n) is 11.3. The van der Waals surface area contributed by atoms with E-state index in [2.05, 4.69) is 15.6 Å². The van der Waals surface area contributed by atoms with Gasteiger partial charge in [-0.25, -0.2) is 4.39 Å². The molecule has 0 saturated carbocycles. The van der Waals surface area contributed by atoms with Crippen molar-refractivity contribution < 1.29 is 23.6 Å². The molecular formula is C32H36FN5O4. The Balaban J connectivity index is 1.48. The van der Waals surface area contributed by atoms with Gasteiger partial charge in [0, 0.05) is 37.3 Å². The van der Waals surface area contributed by atoms with Crippen molar-refractivity contribution in [1.82, 2.24) is 25.4 Å². The SMILES string of the molecule is CC(C)[C@@H]1CN(C(=O)c2ccnc3ccccc23)CC(=O)NCCCc2ccc(F)c(c2)C(=O)N2CCC[C@H]2C(=O)N1. The zero-order chi connectivity index (χ0) is 29.8. The van der Waals surface area contributed by atoms with Crippen molar-refractivity contribution in [3.63, 3.8) is 0 Å². The van der Waals surface area contributed by atoms with Crippen LogP contribution >= 0.6 is 0 Å². The highest BCUT2D eigenvalue weighted by atomic mass is 19.1. The van der Waals surface area contributed by atoms with E-state index in [-0.39, 0.29) is 42.3 Å². The van der Waals surface area contributed by atoms with Crippen molar-refractivity contribution in [2.45, 2.75) is 51.6 Å². The Labute approximate surface area is 244 Å². The number of aromatic nitrogens is 1. The van der Waals surface area contributed by atoms with Crippen molar-refractivity contribution in [3.8, 4) is 0 Å². The number of para-hydroxylation sites is 1. The fraction of sp³-hybridized carbons (Fsp3) is 0.406. The number of carbonyl (C=O) groups excluding carboxylic acids is 4. The van der Waals surface area contributed by atoms with Crippen molar-refractivity contribution >= 4 is 34.5 Å². The van der Waals surface area contributed by atoms with Crippen LogP contribution in [0.15, 0.2) is 54.7 Å². The summed E-state index contributed by atoms with van der Waals surface area (Å²) in [6.07, 6.45) is 3.73. The summed E-state index contributed by atoms with van der Waals surface area (Å²) >= 11 is 0. The number of nitrogens with one attached hydrogen (secondary N) is 2. The topological polar surface area (TPSA) is 112 Å². The second kappa shape index (κ2) is 12.7. The van der Waals surface area contributed by atoms with Gasteiger partial charge in [0.05, 0.1) is 23.2 Å². The van der Waals surface area contributed by atoms with Gasteiger partial charge in [0.1, 0.15) is 11.9 Å². The third kappa shape index (κ3) is 6.27. The van der Waals surface area contributed by atoms with Gasteiger partial charge in [0.25, 0.3) is 11.8 Å². The third-order valence-electron chi connectivity index (χ3n) is 8.09. The predicted molar refractivity (Wildman–Crippen MR) is 156 cm³/mol. The lowest BCUT2D eigenvalue weighted by Crippen LogP contribution is -2.54. The molecule has 9 nitrogen and oxygen atoms in total. The van der Waals surface area contributed by atoms with Gasteiger partial charge in [-0.2, -0.15) is 0 Å². The van der Waals surface area contributed by atoms with Crippen LogP contribution in [0, 0.1) is 11.7 Å². The minimum Gasteiger partial charge on any atom is -0.355 e. The first kappa shape index (κ1) is 29.2. The molecule has 5 rings (SSSR count). The highest BCUT2D eigenvalue weighted by Gasteiger charge is 2.37. The minimum atomic E-state index is -0.755. The third-order valence-corrected chi connectivity index (χ3v) is 8.09. The maximum absolute atomic E-state index is 14.8. The number of nitrogens with zero attached hydrogens (tertiary/aromatic N) is 3. The Morgan fingerprint density at radius 2 is 1.88 bits per heavy atom. The number of fused-ring (bicyclic) bond motifs is 4. The highest BCUT2D eigenvalue weighted by Crippen LogP contribution is 2.24. The average Bonchev–Trinajstić information content (AvgIpc) is 3.48. The van der Waals surface area contributed by atoms with Gasteiger partial charge in [-0.1, -0.05) is 38.1 Å². The molecule has 0 radical (unpaired) electrons. The van der Waals surface area contributed by atoms with E-state index in [1.807, 2.05) is 38.1 Å². The lowest BCUT2D eigenvalue weighted by molar-refractivity contribution is -0.126. The van der Waals surface area contributed by atoms with Crippen LogP contribution in [0.5, 0.6) is 0 Å². The quantitative estimate of drug-likeness (QED) is 0.489. The van der Waals surface area contributed by atoms with Crippen LogP contribution in [0.4, 0.5) is 4.39 Å². The molecule has 10 heteroatoms. The molecule has 3 heterocycles. The van der Waals surface area contributed by atoms with E-state index in [1.54, 1.807) is 24.4 Å². The molecule has 2 bridgehead atoms. The summed E-state index contributed by atoms with van der Waals surface area (Å²) in [5.74, 6) is -2.25. The van der Waals surface area contributed by atoms with Gasteiger partial charge in [0.2, 0.25) is 11.8 Å². The van der Waals surface area contributed by atoms with Crippen molar-refractivity contribution in [1.29, 1.82) is 0 Å². The van der Waals surface area contributed by atoms with Gasteiger partial charge >= 0.3 is 0 Å². The fourth-order valence-electron chi connectivity index (χ4n) is 5.69. The molecule has 0 aliphatic carbocycles. The first-order chi connectivity index (χ1) is 20.2. The van der Waals surface area contributed by atoms with E-state index in [1.165, 1.54) is 15.9 Å². The number of benzene rings is 2. The monoisotopic (exact) mass is 573 g/mol. The average molecular weight is 574 g/mol. The predicted octanol–water partition coefficient (Wildman–Crippen LogP) is 3.32. The van der Waals surface area contributed by atoms with Crippen LogP contribution in [0.1, 0.15) is 59.4 Å². The molecule has 2 aromatic carbocycles. The fourth-order valence-corrected chi connectivity index (χ4v) is 5.69. The summed E-state index contributed by atoms with van der Waals surface area (Å²) in [4.78, 5) is 61.4. The van der Waals surface area contributed by atoms with Crippen molar-refractivity contribution in [2.24, 2.45) is 5.92 Å². The molecule has 3 aromatic rings. The largest absolute Gasteiger partial charge is 0.355 e. The maximum Gasteiger partial charge on any atom is 0.257 e. The van der Waals surface area contributed by atoms with Crippen LogP contribution in [0.25, 0.3) is 10.9 Å². The normalized spacial score (nSPS) is 20.7. The van der Waals surface area contributed by atoms with Gasteiger partial charge in [-0.15, -0.1) is 0 Å². The number of rotatable bonds is 2. The zero-order valence-corrected chi connectivity index (χ0v) is 23.9. The van der Waals surface area contributed by atoms with E-state index < -0.39 is 23.8 Å². The summed E-state index contributed by atoms with van der Waals surface area (Å²) in [5.41, 5.74) is 1.79. The van der Waals surface area contributed by atoms with Crippen LogP contribution in [-0.2, 0) is 16.0 Å². The number of halogens is 1. The smallest absolute Gasteiger partial charge is 0.257 e. The number of hydrogen-bond donors (Lipinski definition) is 2. The molecule has 1 aromatic heterocycles. The van der Waals surface area contributed by atoms with Gasteiger partial charge in [-0.05, 0) is 61.4 Å². The van der Waals surface area contributed by atoms with E-state index in [4.69, 9.17) is 0 Å². The second-order valence-corrected chi connectivity index (χ2v) is 11.3. The molecule has 2 atom stereocenters. The van der Waals surface area contributed by atoms with E-state index in [0.29, 0.717) is 55.2 Å². The molecular weight excluding hydrogens is 537 g/mol. The van der Waals surface area contributed by atoms with E-state index in [9.17, 15) is 23.6 Å². The van der Waals surface area contributed by atoms with Gasteiger partial charge in [0.15, 0.2) is 0 Å². The summed E-state index contributed by atoms with van der Waals surface area (Å²) in [6, 6.07) is 12.2. The molecule has 1 saturated heterocycles. The zero-order valence-electron chi connectivity index (χ0n) is 23.9. The molecule has 2 aliphatic rings. The molecule has 220 valence electrons. The number of pyridine rings is 1. The Kier molecular flexibility index (Phi) is 8.80. The number of aryl methyl sites for hydroxylation is 1. The van der Waals surface area contributed by atoms with Crippen LogP contribution in [-0.4, -0.2) is 76.7 Å². The standard InChI is InChI=1S/C32H36FN5O4/c1-20(2)27-18-37(31(41)23-13-15-34-26-9-4-3-8-22(23)26)19-29(39)35-14-5-7-21-11-12-25(33)24(17-21)32(42)38-16-6-10-28(38)30(40)36-27/h3-4,8-9,11-13,15,17,20,27-28H,5-7,10,14,16,18-19H2,1-2H3,(H,35,39)(H,36,40)/t27-,28-/m0/s1. The molecule has 2 N–H and O–H groups in total. The molecule has 2 aliphatic heterocycles. The summed E-state index contributed by atoms with van der Waals surface area (Å²) in [7, 11) is 0. The molecule has 1 fully saturated rings. The Morgan fingerprint density at radius 1 is 1.07 bits per heavy atom.